The number of ether oxygens (including phenoxy) is 1. The van der Waals surface area contributed by atoms with Crippen LogP contribution in [-0.2, 0) is 0 Å². The summed E-state index contributed by atoms with van der Waals surface area (Å²) in [7, 11) is 0. The number of piperidine rings is 1. The molecule has 1 aliphatic heterocycles. The van der Waals surface area contributed by atoms with Crippen LogP contribution in [0.2, 0.25) is 0 Å². The quantitative estimate of drug-likeness (QED) is 0.634. The van der Waals surface area contributed by atoms with Crippen LogP contribution in [0.5, 0.6) is 5.75 Å². The van der Waals surface area contributed by atoms with Gasteiger partial charge in [-0.05, 0) is 37.3 Å². The lowest BCUT2D eigenvalue weighted by atomic mass is 10.1. The third kappa shape index (κ3) is 4.70. The van der Waals surface area contributed by atoms with Crippen LogP contribution in [0.25, 0.3) is 0 Å². The maximum absolute atomic E-state index is 13.9. The first-order valence-corrected chi connectivity index (χ1v) is 10.1. The summed E-state index contributed by atoms with van der Waals surface area (Å²) in [6, 6.07) is 11.9. The highest BCUT2D eigenvalue weighted by Crippen LogP contribution is 2.31. The molecule has 2 aromatic carbocycles. The van der Waals surface area contributed by atoms with Crippen LogP contribution in [0.1, 0.15) is 34.7 Å². The van der Waals surface area contributed by atoms with E-state index in [4.69, 9.17) is 9.26 Å². The number of anilines is 2. The van der Waals surface area contributed by atoms with E-state index in [1.165, 1.54) is 12.1 Å². The number of nitriles is 1. The molecule has 0 radical (unpaired) electrons. The van der Waals surface area contributed by atoms with Crippen LogP contribution in [0.3, 0.4) is 0 Å². The van der Waals surface area contributed by atoms with Gasteiger partial charge in [0, 0.05) is 38.1 Å². The summed E-state index contributed by atoms with van der Waals surface area (Å²) in [5, 5.41) is 15.8. The molecule has 2 heterocycles. The number of carbonyl (C=O) groups is 1. The minimum absolute atomic E-state index is 0.0269. The molecule has 1 aromatic heterocycles. The zero-order valence-corrected chi connectivity index (χ0v) is 17.3. The summed E-state index contributed by atoms with van der Waals surface area (Å²) in [6.45, 7) is 2.87. The molecule has 1 aliphatic rings. The van der Waals surface area contributed by atoms with Crippen molar-refractivity contribution in [2.24, 2.45) is 0 Å². The summed E-state index contributed by atoms with van der Waals surface area (Å²) in [4.78, 5) is 14.6. The van der Waals surface area contributed by atoms with Gasteiger partial charge in [-0.25, -0.2) is 8.78 Å². The maximum Gasteiger partial charge on any atom is 0.277 e. The second-order valence-corrected chi connectivity index (χ2v) is 7.50. The Balaban J connectivity index is 1.46. The van der Waals surface area contributed by atoms with Crippen LogP contribution < -0.4 is 15.0 Å². The van der Waals surface area contributed by atoms with Gasteiger partial charge in [0.05, 0.1) is 23.0 Å². The Hall–Kier alpha value is -3.93. The van der Waals surface area contributed by atoms with E-state index in [1.54, 1.807) is 25.1 Å². The Morgan fingerprint density at radius 2 is 2.00 bits per heavy atom. The third-order valence-electron chi connectivity index (χ3n) is 5.20. The van der Waals surface area contributed by atoms with E-state index in [-0.39, 0.29) is 17.5 Å². The van der Waals surface area contributed by atoms with E-state index in [0.717, 1.165) is 17.8 Å². The second-order valence-electron chi connectivity index (χ2n) is 7.50. The van der Waals surface area contributed by atoms with Gasteiger partial charge in [0.15, 0.2) is 17.3 Å². The Kier molecular flexibility index (Phi) is 6.03. The fourth-order valence-electron chi connectivity index (χ4n) is 3.61. The topological polar surface area (TPSA) is 91.4 Å². The summed E-state index contributed by atoms with van der Waals surface area (Å²) in [5.41, 5.74) is 1.79. The normalized spacial score (nSPS) is 14.1. The lowest BCUT2D eigenvalue weighted by Gasteiger charge is -2.34. The molecule has 7 nitrogen and oxygen atoms in total. The summed E-state index contributed by atoms with van der Waals surface area (Å²) in [5.74, 6) is -1.28. The SMILES string of the molecule is Cc1cc(C(=O)Nc2cc(C#N)ccc2N2CCC(Oc3ccc(F)cc3F)CC2)no1. The van der Waals surface area contributed by atoms with Crippen LogP contribution in [0.15, 0.2) is 47.0 Å². The monoisotopic (exact) mass is 438 g/mol. The molecule has 0 aliphatic carbocycles. The number of nitrogens with one attached hydrogen (secondary N) is 1. The molecule has 3 aromatic rings. The molecule has 4 rings (SSSR count). The number of amides is 1. The molecule has 164 valence electrons. The minimum Gasteiger partial charge on any atom is -0.487 e. The Morgan fingerprint density at radius 3 is 2.66 bits per heavy atom. The van der Waals surface area contributed by atoms with Crippen LogP contribution in [0, 0.1) is 29.9 Å². The number of hydrogen-bond acceptors (Lipinski definition) is 6. The Bertz CT molecular complexity index is 1180. The Morgan fingerprint density at radius 1 is 1.22 bits per heavy atom. The second kappa shape index (κ2) is 9.06. The number of carbonyl (C=O) groups excluding carboxylic acids is 1. The molecular weight excluding hydrogens is 418 g/mol. The zero-order valence-electron chi connectivity index (χ0n) is 17.3. The van der Waals surface area contributed by atoms with Gasteiger partial charge in [-0.1, -0.05) is 5.16 Å². The fraction of sp³-hybridized carbons (Fsp3) is 0.261. The number of hydrogen-bond donors (Lipinski definition) is 1. The molecule has 0 unspecified atom stereocenters. The first-order valence-electron chi connectivity index (χ1n) is 10.1. The molecule has 0 saturated carbocycles. The van der Waals surface area contributed by atoms with Crippen molar-refractivity contribution in [3.63, 3.8) is 0 Å². The van der Waals surface area contributed by atoms with Crippen molar-refractivity contribution in [2.45, 2.75) is 25.9 Å². The highest BCUT2D eigenvalue weighted by molar-refractivity contribution is 6.04. The van der Waals surface area contributed by atoms with Crippen molar-refractivity contribution in [3.05, 3.63) is 71.1 Å². The average molecular weight is 438 g/mol. The molecule has 1 N–H and O–H groups in total. The number of nitrogens with zero attached hydrogens (tertiary/aromatic N) is 3. The number of halogens is 2. The number of aryl methyl sites for hydroxylation is 1. The van der Waals surface area contributed by atoms with Crippen molar-refractivity contribution in [3.8, 4) is 11.8 Å². The molecule has 32 heavy (non-hydrogen) atoms. The van der Waals surface area contributed by atoms with E-state index < -0.39 is 17.5 Å². The van der Waals surface area contributed by atoms with E-state index in [0.29, 0.717) is 42.9 Å². The van der Waals surface area contributed by atoms with Gasteiger partial charge in [0.25, 0.3) is 5.91 Å². The third-order valence-corrected chi connectivity index (χ3v) is 5.20. The summed E-state index contributed by atoms with van der Waals surface area (Å²) in [6.07, 6.45) is 0.986. The first kappa shape index (κ1) is 21.3. The van der Waals surface area contributed by atoms with Crippen molar-refractivity contribution >= 4 is 17.3 Å². The predicted octanol–water partition coefficient (Wildman–Crippen LogP) is 4.43. The van der Waals surface area contributed by atoms with Gasteiger partial charge in [0.1, 0.15) is 17.7 Å². The number of benzene rings is 2. The van der Waals surface area contributed by atoms with Gasteiger partial charge in [-0.15, -0.1) is 0 Å². The molecule has 1 saturated heterocycles. The fourth-order valence-corrected chi connectivity index (χ4v) is 3.61. The van der Waals surface area contributed by atoms with Crippen LogP contribution >= 0.6 is 0 Å². The molecule has 0 spiro atoms. The maximum atomic E-state index is 13.9. The lowest BCUT2D eigenvalue weighted by Crippen LogP contribution is -2.38. The molecular formula is C23H20F2N4O3. The van der Waals surface area contributed by atoms with E-state index in [1.807, 2.05) is 0 Å². The van der Waals surface area contributed by atoms with Crippen molar-refractivity contribution < 1.29 is 22.8 Å². The van der Waals surface area contributed by atoms with E-state index in [9.17, 15) is 18.8 Å². The van der Waals surface area contributed by atoms with Gasteiger partial charge in [0.2, 0.25) is 0 Å². The summed E-state index contributed by atoms with van der Waals surface area (Å²) >= 11 is 0. The van der Waals surface area contributed by atoms with Crippen LogP contribution in [-0.4, -0.2) is 30.3 Å². The first-order chi connectivity index (χ1) is 15.4. The van der Waals surface area contributed by atoms with Gasteiger partial charge in [-0.2, -0.15) is 5.26 Å². The van der Waals surface area contributed by atoms with E-state index in [2.05, 4.69) is 21.4 Å². The standard InChI is InChI=1S/C23H20F2N4O3/c1-14-10-20(28-32-14)23(30)27-19-11-15(13-26)2-4-21(19)29-8-6-17(7-9-29)31-22-5-3-16(24)12-18(22)25/h2-5,10-12,17H,6-9H2,1H3,(H,27,30). The van der Waals surface area contributed by atoms with Crippen molar-refractivity contribution in [1.82, 2.24) is 5.16 Å². The number of rotatable bonds is 5. The molecule has 1 amide bonds. The highest BCUT2D eigenvalue weighted by Gasteiger charge is 2.24. The predicted molar refractivity (Wildman–Crippen MR) is 113 cm³/mol. The van der Waals surface area contributed by atoms with Gasteiger partial charge < -0.3 is 19.5 Å². The largest absolute Gasteiger partial charge is 0.487 e. The molecule has 0 bridgehead atoms. The van der Waals surface area contributed by atoms with Crippen molar-refractivity contribution in [1.29, 1.82) is 5.26 Å². The summed E-state index contributed by atoms with van der Waals surface area (Å²) < 4.78 is 37.6. The van der Waals surface area contributed by atoms with Crippen LogP contribution in [0.4, 0.5) is 20.2 Å². The van der Waals surface area contributed by atoms with E-state index >= 15 is 0 Å². The average Bonchev–Trinajstić information content (AvgIpc) is 3.23. The minimum atomic E-state index is -0.729. The lowest BCUT2D eigenvalue weighted by molar-refractivity contribution is 0.101. The smallest absolute Gasteiger partial charge is 0.277 e. The van der Waals surface area contributed by atoms with Gasteiger partial charge >= 0.3 is 0 Å². The molecule has 1 fully saturated rings. The zero-order chi connectivity index (χ0) is 22.7. The molecule has 9 heteroatoms. The number of aromatic nitrogens is 1. The highest BCUT2D eigenvalue weighted by atomic mass is 19.1. The Labute approximate surface area is 183 Å². The van der Waals surface area contributed by atoms with Gasteiger partial charge in [-0.3, -0.25) is 4.79 Å². The van der Waals surface area contributed by atoms with Crippen molar-refractivity contribution in [2.75, 3.05) is 23.3 Å². The molecule has 0 atom stereocenters.